The quantitative estimate of drug-likeness (QED) is 0.536. The molecule has 0 heteroatoms. The third-order valence-electron chi connectivity index (χ3n) is 5.06. The number of benzene rings is 2. The van der Waals surface area contributed by atoms with Gasteiger partial charge in [0.25, 0.3) is 0 Å². The summed E-state index contributed by atoms with van der Waals surface area (Å²) in [6, 6.07) is 15.8. The third kappa shape index (κ3) is 4.13. The van der Waals surface area contributed by atoms with Crippen LogP contribution in [0.15, 0.2) is 48.5 Å². The summed E-state index contributed by atoms with van der Waals surface area (Å²) in [5, 5.41) is 0. The summed E-state index contributed by atoms with van der Waals surface area (Å²) in [6.45, 7) is 4.57. The van der Waals surface area contributed by atoms with Crippen molar-refractivity contribution in [3.63, 3.8) is 0 Å². The molecule has 23 heavy (non-hydrogen) atoms. The van der Waals surface area contributed by atoms with Crippen LogP contribution in [-0.2, 0) is 12.8 Å². The van der Waals surface area contributed by atoms with Crippen LogP contribution in [0.2, 0.25) is 0 Å². The zero-order valence-corrected chi connectivity index (χ0v) is 14.5. The molecule has 0 aliphatic heterocycles. The summed E-state index contributed by atoms with van der Waals surface area (Å²) < 4.78 is 0. The van der Waals surface area contributed by atoms with E-state index in [-0.39, 0.29) is 0 Å². The maximum atomic E-state index is 2.39. The fourth-order valence-electron chi connectivity index (χ4n) is 3.73. The van der Waals surface area contributed by atoms with Crippen LogP contribution in [0, 0.1) is 6.92 Å². The Morgan fingerprint density at radius 2 is 1.91 bits per heavy atom. The van der Waals surface area contributed by atoms with Gasteiger partial charge in [-0.25, -0.2) is 0 Å². The van der Waals surface area contributed by atoms with Gasteiger partial charge in [-0.2, -0.15) is 0 Å². The first-order valence-corrected chi connectivity index (χ1v) is 9.08. The number of fused-ring (bicyclic) bond motifs is 1. The largest absolute Gasteiger partial charge is 0.0836 e. The smallest absolute Gasteiger partial charge is 0.0184 e. The van der Waals surface area contributed by atoms with E-state index in [1.807, 2.05) is 0 Å². The van der Waals surface area contributed by atoms with Crippen LogP contribution in [0.25, 0.3) is 6.08 Å². The highest BCUT2D eigenvalue weighted by molar-refractivity contribution is 5.61. The molecule has 1 aliphatic carbocycles. The molecule has 2 aromatic rings. The van der Waals surface area contributed by atoms with Crippen LogP contribution in [0.3, 0.4) is 0 Å². The summed E-state index contributed by atoms with van der Waals surface area (Å²) >= 11 is 0. The lowest BCUT2D eigenvalue weighted by Gasteiger charge is -2.19. The first kappa shape index (κ1) is 16.1. The summed E-state index contributed by atoms with van der Waals surface area (Å²) in [5.41, 5.74) is 7.45. The second kappa shape index (κ2) is 7.64. The van der Waals surface area contributed by atoms with Crippen LogP contribution in [0.5, 0.6) is 0 Å². The van der Waals surface area contributed by atoms with Crippen LogP contribution in [-0.4, -0.2) is 0 Å². The molecule has 3 rings (SSSR count). The predicted molar refractivity (Wildman–Crippen MR) is 101 cm³/mol. The fraction of sp³-hybridized carbons (Fsp3) is 0.391. The van der Waals surface area contributed by atoms with Gasteiger partial charge in [0.1, 0.15) is 0 Å². The standard InChI is InChI=1S/C23H28/c1-18-9-7-12-20(17-18)11-4-3-10-19(2)22-16-8-14-21-13-5-6-15-23(21)22/h6-9,12,14-17,19H,3-5,10-11,13H2,1-2H3/t19-/m0/s1. The van der Waals surface area contributed by atoms with E-state index in [9.17, 15) is 0 Å². The summed E-state index contributed by atoms with van der Waals surface area (Å²) in [5.74, 6) is 0.658. The summed E-state index contributed by atoms with van der Waals surface area (Å²) in [7, 11) is 0. The van der Waals surface area contributed by atoms with Crippen LogP contribution >= 0.6 is 0 Å². The van der Waals surface area contributed by atoms with Crippen molar-refractivity contribution >= 4 is 6.08 Å². The minimum absolute atomic E-state index is 0.658. The first-order valence-electron chi connectivity index (χ1n) is 9.08. The van der Waals surface area contributed by atoms with Gasteiger partial charge in [0.15, 0.2) is 0 Å². The molecule has 0 spiro atoms. The lowest BCUT2D eigenvalue weighted by molar-refractivity contribution is 0.603. The lowest BCUT2D eigenvalue weighted by Crippen LogP contribution is -2.03. The highest BCUT2D eigenvalue weighted by Gasteiger charge is 2.13. The molecule has 1 aliphatic rings. The summed E-state index contributed by atoms with van der Waals surface area (Å²) in [4.78, 5) is 0. The van der Waals surface area contributed by atoms with Crippen molar-refractivity contribution in [1.29, 1.82) is 0 Å². The molecule has 0 radical (unpaired) electrons. The molecule has 0 fully saturated rings. The Labute approximate surface area is 141 Å². The number of unbranched alkanes of at least 4 members (excludes halogenated alkanes) is 1. The van der Waals surface area contributed by atoms with Gasteiger partial charge in [-0.05, 0) is 67.2 Å². The molecule has 1 atom stereocenters. The molecule has 120 valence electrons. The van der Waals surface area contributed by atoms with E-state index in [0.717, 1.165) is 0 Å². The van der Waals surface area contributed by atoms with Gasteiger partial charge in [-0.15, -0.1) is 0 Å². The van der Waals surface area contributed by atoms with Gasteiger partial charge in [-0.3, -0.25) is 0 Å². The second-order valence-corrected chi connectivity index (χ2v) is 7.00. The van der Waals surface area contributed by atoms with Crippen molar-refractivity contribution in [3.8, 4) is 0 Å². The SMILES string of the molecule is Cc1cccc(CCCC[C@H](C)c2cccc3c2C=CCC3)c1. The molecule has 0 bridgehead atoms. The fourth-order valence-corrected chi connectivity index (χ4v) is 3.73. The van der Waals surface area contributed by atoms with E-state index in [0.29, 0.717) is 5.92 Å². The van der Waals surface area contributed by atoms with Crippen LogP contribution in [0.4, 0.5) is 0 Å². The molecular formula is C23H28. The third-order valence-corrected chi connectivity index (χ3v) is 5.06. The topological polar surface area (TPSA) is 0 Å². The summed E-state index contributed by atoms with van der Waals surface area (Å²) in [6.07, 6.45) is 12.2. The number of rotatable bonds is 6. The van der Waals surface area contributed by atoms with Crippen molar-refractivity contribution < 1.29 is 0 Å². The van der Waals surface area contributed by atoms with E-state index in [1.165, 1.54) is 60.8 Å². The Morgan fingerprint density at radius 1 is 1.04 bits per heavy atom. The van der Waals surface area contributed by atoms with Gasteiger partial charge in [0, 0.05) is 0 Å². The molecule has 0 saturated heterocycles. The average molecular weight is 304 g/mol. The monoisotopic (exact) mass is 304 g/mol. The number of hydrogen-bond donors (Lipinski definition) is 0. The number of allylic oxidation sites excluding steroid dienone is 1. The lowest BCUT2D eigenvalue weighted by atomic mass is 9.85. The first-order chi connectivity index (χ1) is 11.2. The van der Waals surface area contributed by atoms with E-state index in [1.54, 1.807) is 5.56 Å². The molecule has 0 N–H and O–H groups in total. The van der Waals surface area contributed by atoms with Gasteiger partial charge in [-0.1, -0.05) is 73.5 Å². The van der Waals surface area contributed by atoms with Crippen molar-refractivity contribution in [2.45, 2.75) is 58.3 Å². The normalized spacial score (nSPS) is 14.5. The predicted octanol–water partition coefficient (Wildman–Crippen LogP) is 6.47. The Kier molecular flexibility index (Phi) is 5.33. The Morgan fingerprint density at radius 3 is 2.78 bits per heavy atom. The van der Waals surface area contributed by atoms with Crippen molar-refractivity contribution in [2.75, 3.05) is 0 Å². The highest BCUT2D eigenvalue weighted by atomic mass is 14.2. The van der Waals surface area contributed by atoms with Crippen molar-refractivity contribution in [3.05, 3.63) is 76.4 Å². The van der Waals surface area contributed by atoms with Crippen molar-refractivity contribution in [2.24, 2.45) is 0 Å². The zero-order chi connectivity index (χ0) is 16.1. The minimum atomic E-state index is 0.658. The molecule has 0 aromatic heterocycles. The highest BCUT2D eigenvalue weighted by Crippen LogP contribution is 2.30. The van der Waals surface area contributed by atoms with Crippen molar-refractivity contribution in [1.82, 2.24) is 0 Å². The van der Waals surface area contributed by atoms with Gasteiger partial charge in [0.05, 0.1) is 0 Å². The van der Waals surface area contributed by atoms with E-state index in [4.69, 9.17) is 0 Å². The number of hydrogen-bond acceptors (Lipinski definition) is 0. The van der Waals surface area contributed by atoms with Gasteiger partial charge >= 0.3 is 0 Å². The number of aryl methyl sites for hydroxylation is 3. The average Bonchev–Trinajstić information content (AvgIpc) is 2.58. The zero-order valence-electron chi connectivity index (χ0n) is 14.5. The molecule has 0 unspecified atom stereocenters. The van der Waals surface area contributed by atoms with Gasteiger partial charge in [0.2, 0.25) is 0 Å². The Hall–Kier alpha value is -1.82. The Balaban J connectivity index is 1.54. The second-order valence-electron chi connectivity index (χ2n) is 7.00. The molecular weight excluding hydrogens is 276 g/mol. The minimum Gasteiger partial charge on any atom is -0.0836 e. The molecule has 0 nitrogen and oxygen atoms in total. The van der Waals surface area contributed by atoms with Crippen LogP contribution < -0.4 is 0 Å². The Bertz CT molecular complexity index is 678. The van der Waals surface area contributed by atoms with E-state index >= 15 is 0 Å². The van der Waals surface area contributed by atoms with E-state index in [2.05, 4.69) is 68.5 Å². The van der Waals surface area contributed by atoms with E-state index < -0.39 is 0 Å². The van der Waals surface area contributed by atoms with Crippen LogP contribution in [0.1, 0.15) is 66.3 Å². The molecule has 0 heterocycles. The maximum Gasteiger partial charge on any atom is -0.0184 e. The molecule has 0 saturated carbocycles. The maximum absolute atomic E-state index is 2.39. The van der Waals surface area contributed by atoms with Gasteiger partial charge < -0.3 is 0 Å². The molecule has 0 amide bonds. The molecule has 2 aromatic carbocycles.